The van der Waals surface area contributed by atoms with E-state index in [1.807, 2.05) is 14.2 Å². The van der Waals surface area contributed by atoms with Crippen molar-refractivity contribution in [1.29, 1.82) is 0 Å². The van der Waals surface area contributed by atoms with Gasteiger partial charge in [0.2, 0.25) is 0 Å². The molecule has 0 aliphatic carbocycles. The van der Waals surface area contributed by atoms with E-state index in [1.165, 1.54) is 31.4 Å². The van der Waals surface area contributed by atoms with Gasteiger partial charge in [0.05, 0.1) is 0 Å². The fourth-order valence-corrected chi connectivity index (χ4v) is 4.95. The van der Waals surface area contributed by atoms with Crippen molar-refractivity contribution in [2.75, 3.05) is 14.2 Å². The summed E-state index contributed by atoms with van der Waals surface area (Å²) in [4.78, 5) is 0. The molecule has 1 rings (SSSR count). The van der Waals surface area contributed by atoms with Crippen LogP contribution in [0, 0.1) is 5.92 Å². The van der Waals surface area contributed by atoms with Crippen molar-refractivity contribution in [3.8, 4) is 0 Å². The maximum Gasteiger partial charge on any atom is 0.337 e. The Bertz CT molecular complexity index is 124. The van der Waals surface area contributed by atoms with Gasteiger partial charge in [-0.15, -0.1) is 0 Å². The van der Waals surface area contributed by atoms with Crippen molar-refractivity contribution < 1.29 is 8.85 Å². The second-order valence-corrected chi connectivity index (χ2v) is 7.31. The van der Waals surface area contributed by atoms with Gasteiger partial charge in [-0.3, -0.25) is 0 Å². The predicted molar refractivity (Wildman–Crippen MR) is 52.4 cm³/mol. The number of hydrogen-bond acceptors (Lipinski definition) is 2. The fourth-order valence-electron chi connectivity index (χ4n) is 2.02. The summed E-state index contributed by atoms with van der Waals surface area (Å²) in [6.07, 6.45) is 3.94. The highest BCUT2D eigenvalue weighted by Crippen LogP contribution is 2.34. The Kier molecular flexibility index (Phi) is 3.74. The predicted octanol–water partition coefficient (Wildman–Crippen LogP) is 2.54. The van der Waals surface area contributed by atoms with E-state index >= 15 is 0 Å². The molecule has 0 bridgehead atoms. The van der Waals surface area contributed by atoms with Gasteiger partial charge in [-0.1, -0.05) is 13.3 Å². The van der Waals surface area contributed by atoms with Gasteiger partial charge in [-0.05, 0) is 30.8 Å². The standard InChI is InChI=1S/C9H20O2Si/c1-4-9-5-7-12(10-2,11-3)8-6-9/h9H,4-8H2,1-3H3. The largest absolute Gasteiger partial charge is 0.398 e. The van der Waals surface area contributed by atoms with Crippen molar-refractivity contribution >= 4 is 8.56 Å². The zero-order valence-electron chi connectivity index (χ0n) is 8.43. The molecular weight excluding hydrogens is 168 g/mol. The van der Waals surface area contributed by atoms with Crippen LogP contribution in [-0.2, 0) is 8.85 Å². The summed E-state index contributed by atoms with van der Waals surface area (Å²) in [5, 5.41) is 0. The van der Waals surface area contributed by atoms with E-state index in [4.69, 9.17) is 8.85 Å². The Labute approximate surface area is 76.5 Å². The fraction of sp³-hybridized carbons (Fsp3) is 1.00. The topological polar surface area (TPSA) is 18.5 Å². The maximum atomic E-state index is 5.54. The van der Waals surface area contributed by atoms with Crippen LogP contribution in [0.25, 0.3) is 0 Å². The van der Waals surface area contributed by atoms with Crippen molar-refractivity contribution in [1.82, 2.24) is 0 Å². The molecule has 0 N–H and O–H groups in total. The normalized spacial score (nSPS) is 24.2. The summed E-state index contributed by atoms with van der Waals surface area (Å²) in [5.41, 5.74) is 0. The Morgan fingerprint density at radius 2 is 1.67 bits per heavy atom. The summed E-state index contributed by atoms with van der Waals surface area (Å²) in [5.74, 6) is 0.927. The lowest BCUT2D eigenvalue weighted by Crippen LogP contribution is -2.43. The molecule has 0 aromatic rings. The molecule has 0 saturated carbocycles. The third-order valence-electron chi connectivity index (χ3n) is 3.19. The van der Waals surface area contributed by atoms with E-state index in [-0.39, 0.29) is 0 Å². The minimum atomic E-state index is -1.69. The molecule has 0 atom stereocenters. The van der Waals surface area contributed by atoms with Crippen LogP contribution in [0.2, 0.25) is 12.1 Å². The monoisotopic (exact) mass is 188 g/mol. The van der Waals surface area contributed by atoms with Crippen LogP contribution in [0.1, 0.15) is 26.2 Å². The van der Waals surface area contributed by atoms with Crippen molar-refractivity contribution in [3.05, 3.63) is 0 Å². The summed E-state index contributed by atoms with van der Waals surface area (Å²) >= 11 is 0. The van der Waals surface area contributed by atoms with E-state index in [2.05, 4.69) is 6.92 Å². The lowest BCUT2D eigenvalue weighted by atomic mass is 10.0. The average molecular weight is 188 g/mol. The van der Waals surface area contributed by atoms with Gasteiger partial charge < -0.3 is 8.85 Å². The molecule has 0 aromatic carbocycles. The summed E-state index contributed by atoms with van der Waals surface area (Å²) in [7, 11) is 1.93. The first-order valence-electron chi connectivity index (χ1n) is 4.86. The lowest BCUT2D eigenvalue weighted by molar-refractivity contribution is 0.220. The maximum absolute atomic E-state index is 5.54. The first kappa shape index (κ1) is 10.2. The number of hydrogen-bond donors (Lipinski definition) is 0. The van der Waals surface area contributed by atoms with Gasteiger partial charge >= 0.3 is 8.56 Å². The average Bonchev–Trinajstić information content (AvgIpc) is 2.18. The van der Waals surface area contributed by atoms with Crippen molar-refractivity contribution in [2.24, 2.45) is 5.92 Å². The molecule has 0 radical (unpaired) electrons. The molecule has 1 aliphatic rings. The Morgan fingerprint density at radius 1 is 1.17 bits per heavy atom. The smallest absolute Gasteiger partial charge is 0.337 e. The van der Waals surface area contributed by atoms with Crippen LogP contribution in [0.4, 0.5) is 0 Å². The quantitative estimate of drug-likeness (QED) is 0.634. The summed E-state index contributed by atoms with van der Waals surface area (Å²) in [6, 6.07) is 2.39. The molecule has 72 valence electrons. The van der Waals surface area contributed by atoms with E-state index in [0.29, 0.717) is 0 Å². The van der Waals surface area contributed by atoms with Crippen molar-refractivity contribution in [3.63, 3.8) is 0 Å². The molecule has 12 heavy (non-hydrogen) atoms. The van der Waals surface area contributed by atoms with Gasteiger partial charge in [0, 0.05) is 14.2 Å². The highest BCUT2D eigenvalue weighted by atomic mass is 28.4. The first-order valence-corrected chi connectivity index (χ1v) is 7.09. The first-order chi connectivity index (χ1) is 5.76. The van der Waals surface area contributed by atoms with Crippen LogP contribution >= 0.6 is 0 Å². The molecule has 0 unspecified atom stereocenters. The highest BCUT2D eigenvalue weighted by molar-refractivity contribution is 6.67. The Morgan fingerprint density at radius 3 is 2.00 bits per heavy atom. The molecule has 1 aliphatic heterocycles. The minimum absolute atomic E-state index is 0.927. The van der Waals surface area contributed by atoms with Gasteiger partial charge in [0.25, 0.3) is 0 Å². The molecule has 1 saturated heterocycles. The van der Waals surface area contributed by atoms with Crippen LogP contribution in [-0.4, -0.2) is 22.8 Å². The number of rotatable bonds is 3. The van der Waals surface area contributed by atoms with Crippen molar-refractivity contribution in [2.45, 2.75) is 38.3 Å². The third kappa shape index (κ3) is 2.09. The lowest BCUT2D eigenvalue weighted by Gasteiger charge is -2.34. The SMILES string of the molecule is CCC1CC[Si](OC)(OC)CC1. The van der Waals surface area contributed by atoms with Gasteiger partial charge in [-0.25, -0.2) is 0 Å². The van der Waals surface area contributed by atoms with Gasteiger partial charge in [0.15, 0.2) is 0 Å². The molecule has 1 fully saturated rings. The molecular formula is C9H20O2Si. The molecule has 3 heteroatoms. The van der Waals surface area contributed by atoms with Crippen LogP contribution in [0.5, 0.6) is 0 Å². The van der Waals surface area contributed by atoms with Crippen LogP contribution in [0.3, 0.4) is 0 Å². The molecule has 0 amide bonds. The van der Waals surface area contributed by atoms with Gasteiger partial charge in [-0.2, -0.15) is 0 Å². The Hall–Kier alpha value is 0.137. The Balaban J connectivity index is 2.42. The second-order valence-electron chi connectivity index (χ2n) is 3.67. The van der Waals surface area contributed by atoms with E-state index in [9.17, 15) is 0 Å². The zero-order valence-corrected chi connectivity index (χ0v) is 9.43. The van der Waals surface area contributed by atoms with Gasteiger partial charge in [0.1, 0.15) is 0 Å². The van der Waals surface area contributed by atoms with E-state index < -0.39 is 8.56 Å². The van der Waals surface area contributed by atoms with E-state index in [1.54, 1.807) is 0 Å². The summed E-state index contributed by atoms with van der Waals surface area (Å²) in [6.45, 7) is 2.28. The minimum Gasteiger partial charge on any atom is -0.398 e. The molecule has 2 nitrogen and oxygen atoms in total. The highest BCUT2D eigenvalue weighted by Gasteiger charge is 2.39. The third-order valence-corrected chi connectivity index (χ3v) is 6.78. The molecule has 0 spiro atoms. The summed E-state index contributed by atoms with van der Waals surface area (Å²) < 4.78 is 11.1. The second kappa shape index (κ2) is 4.39. The van der Waals surface area contributed by atoms with E-state index in [0.717, 1.165) is 5.92 Å². The molecule has 1 heterocycles. The van der Waals surface area contributed by atoms with Crippen LogP contribution < -0.4 is 0 Å². The van der Waals surface area contributed by atoms with Crippen LogP contribution in [0.15, 0.2) is 0 Å². The molecule has 0 aromatic heterocycles. The zero-order chi connectivity index (χ0) is 9.03.